The van der Waals surface area contributed by atoms with E-state index in [1.165, 1.54) is 0 Å². The highest BCUT2D eigenvalue weighted by Gasteiger charge is 2.07. The molecule has 0 spiro atoms. The van der Waals surface area contributed by atoms with Crippen LogP contribution >= 0.6 is 0 Å². The zero-order valence-electron chi connectivity index (χ0n) is 10.2. The topological polar surface area (TPSA) is 52.6 Å². The fourth-order valence-corrected chi connectivity index (χ4v) is 1.41. The summed E-state index contributed by atoms with van der Waals surface area (Å²) < 4.78 is 0. The number of phenolic OH excluding ortho intramolecular Hbond substituents is 1. The molecular weight excluding hydrogens is 204 g/mol. The van der Waals surface area contributed by atoms with Crippen molar-refractivity contribution < 1.29 is 9.90 Å². The van der Waals surface area contributed by atoms with Crippen molar-refractivity contribution in [2.45, 2.75) is 13.8 Å². The average Bonchev–Trinajstić information content (AvgIpc) is 2.12. The van der Waals surface area contributed by atoms with Crippen molar-refractivity contribution in [3.63, 3.8) is 0 Å². The van der Waals surface area contributed by atoms with Crippen molar-refractivity contribution >= 4 is 11.6 Å². The molecule has 0 aliphatic carbocycles. The smallest absolute Gasteiger partial charge is 0.238 e. The lowest BCUT2D eigenvalue weighted by molar-refractivity contribution is -0.116. The Bertz CT molecular complexity index is 400. The highest BCUT2D eigenvalue weighted by molar-refractivity contribution is 5.93. The van der Waals surface area contributed by atoms with Crippen molar-refractivity contribution in [3.05, 3.63) is 23.3 Å². The number of carbonyl (C=O) groups excluding carboxylic acids is 1. The summed E-state index contributed by atoms with van der Waals surface area (Å²) in [6.07, 6.45) is 0. The highest BCUT2D eigenvalue weighted by atomic mass is 16.3. The molecule has 1 aromatic carbocycles. The maximum atomic E-state index is 11.6. The average molecular weight is 222 g/mol. The van der Waals surface area contributed by atoms with Gasteiger partial charge in [0.2, 0.25) is 5.91 Å². The molecule has 0 bridgehead atoms. The van der Waals surface area contributed by atoms with Gasteiger partial charge < -0.3 is 15.3 Å². The number of rotatable bonds is 3. The number of nitrogens with zero attached hydrogens (tertiary/aromatic N) is 1. The molecule has 0 unspecified atom stereocenters. The summed E-state index contributed by atoms with van der Waals surface area (Å²) in [5, 5.41) is 12.3. The van der Waals surface area contributed by atoms with E-state index in [-0.39, 0.29) is 11.7 Å². The Morgan fingerprint density at radius 2 is 1.94 bits per heavy atom. The van der Waals surface area contributed by atoms with Crippen LogP contribution in [0.1, 0.15) is 11.1 Å². The van der Waals surface area contributed by atoms with Gasteiger partial charge >= 0.3 is 0 Å². The van der Waals surface area contributed by atoms with Gasteiger partial charge in [0.05, 0.1) is 6.54 Å². The summed E-state index contributed by atoms with van der Waals surface area (Å²) >= 11 is 0. The van der Waals surface area contributed by atoms with Crippen LogP contribution in [0.25, 0.3) is 0 Å². The minimum atomic E-state index is -0.0572. The molecule has 2 N–H and O–H groups in total. The van der Waals surface area contributed by atoms with E-state index >= 15 is 0 Å². The third-order valence-electron chi connectivity index (χ3n) is 2.28. The molecule has 0 aliphatic heterocycles. The first kappa shape index (κ1) is 12.5. The van der Waals surface area contributed by atoms with E-state index in [0.29, 0.717) is 6.54 Å². The Labute approximate surface area is 95.9 Å². The standard InChI is InChI=1S/C12H18N2O2/c1-8-6-11(15)9(2)5-10(8)13-12(16)7-14(3)4/h5-6,15H,7H2,1-4H3,(H,13,16). The fourth-order valence-electron chi connectivity index (χ4n) is 1.41. The molecule has 0 aliphatic rings. The summed E-state index contributed by atoms with van der Waals surface area (Å²) in [5.41, 5.74) is 2.36. The first-order valence-electron chi connectivity index (χ1n) is 5.15. The largest absolute Gasteiger partial charge is 0.508 e. The predicted octanol–water partition coefficient (Wildman–Crippen LogP) is 1.51. The van der Waals surface area contributed by atoms with Crippen LogP contribution in [0.4, 0.5) is 5.69 Å². The molecule has 1 amide bonds. The molecule has 0 saturated heterocycles. The second-order valence-corrected chi connectivity index (χ2v) is 4.24. The lowest BCUT2D eigenvalue weighted by atomic mass is 10.1. The first-order valence-corrected chi connectivity index (χ1v) is 5.15. The number of likely N-dealkylation sites (N-methyl/N-ethyl adjacent to an activating group) is 1. The number of amides is 1. The number of phenols is 1. The van der Waals surface area contributed by atoms with E-state index in [1.54, 1.807) is 24.0 Å². The van der Waals surface area contributed by atoms with E-state index in [1.807, 2.05) is 21.0 Å². The minimum Gasteiger partial charge on any atom is -0.508 e. The zero-order valence-corrected chi connectivity index (χ0v) is 10.2. The second kappa shape index (κ2) is 4.99. The summed E-state index contributed by atoms with van der Waals surface area (Å²) in [6.45, 7) is 4.00. The van der Waals surface area contributed by atoms with Gasteiger partial charge in [-0.1, -0.05) is 0 Å². The molecule has 0 aromatic heterocycles. The van der Waals surface area contributed by atoms with Crippen LogP contribution in [-0.4, -0.2) is 36.6 Å². The molecule has 0 heterocycles. The Hall–Kier alpha value is -1.55. The fraction of sp³-hybridized carbons (Fsp3) is 0.417. The lowest BCUT2D eigenvalue weighted by Gasteiger charge is -2.13. The molecular formula is C12H18N2O2. The minimum absolute atomic E-state index is 0.0572. The van der Waals surface area contributed by atoms with Crippen LogP contribution in [0.3, 0.4) is 0 Å². The number of aryl methyl sites for hydroxylation is 2. The van der Waals surface area contributed by atoms with Gasteiger partial charge in [0.25, 0.3) is 0 Å². The molecule has 0 fully saturated rings. The van der Waals surface area contributed by atoms with Crippen molar-refractivity contribution in [2.24, 2.45) is 0 Å². The van der Waals surface area contributed by atoms with Crippen LogP contribution in [0.15, 0.2) is 12.1 Å². The number of aromatic hydroxyl groups is 1. The molecule has 1 rings (SSSR count). The maximum Gasteiger partial charge on any atom is 0.238 e. The van der Waals surface area contributed by atoms with Crippen LogP contribution in [-0.2, 0) is 4.79 Å². The van der Waals surface area contributed by atoms with Crippen molar-refractivity contribution in [1.82, 2.24) is 4.90 Å². The maximum absolute atomic E-state index is 11.6. The third kappa shape index (κ3) is 3.24. The normalized spacial score (nSPS) is 10.6. The Kier molecular flexibility index (Phi) is 3.90. The van der Waals surface area contributed by atoms with Gasteiger partial charge in [0, 0.05) is 5.69 Å². The Balaban J connectivity index is 2.81. The first-order chi connectivity index (χ1) is 7.40. The molecule has 1 aromatic rings. The third-order valence-corrected chi connectivity index (χ3v) is 2.28. The Morgan fingerprint density at radius 3 is 2.50 bits per heavy atom. The Morgan fingerprint density at radius 1 is 1.31 bits per heavy atom. The number of benzene rings is 1. The predicted molar refractivity (Wildman–Crippen MR) is 64.8 cm³/mol. The molecule has 16 heavy (non-hydrogen) atoms. The quantitative estimate of drug-likeness (QED) is 0.762. The van der Waals surface area contributed by atoms with E-state index < -0.39 is 0 Å². The van der Waals surface area contributed by atoms with Gasteiger partial charge in [0.1, 0.15) is 5.75 Å². The van der Waals surface area contributed by atoms with Gasteiger partial charge in [-0.25, -0.2) is 0 Å². The van der Waals surface area contributed by atoms with Crippen LogP contribution in [0.5, 0.6) is 5.75 Å². The summed E-state index contributed by atoms with van der Waals surface area (Å²) in [4.78, 5) is 13.4. The van der Waals surface area contributed by atoms with Crippen molar-refractivity contribution in [3.8, 4) is 5.75 Å². The number of carbonyl (C=O) groups is 1. The SMILES string of the molecule is Cc1cc(NC(=O)CN(C)C)c(C)cc1O. The summed E-state index contributed by atoms with van der Waals surface area (Å²) in [5.74, 6) is 0.196. The number of nitrogens with one attached hydrogen (secondary N) is 1. The highest BCUT2D eigenvalue weighted by Crippen LogP contribution is 2.24. The summed E-state index contributed by atoms with van der Waals surface area (Å²) in [6, 6.07) is 3.43. The van der Waals surface area contributed by atoms with E-state index in [9.17, 15) is 9.90 Å². The van der Waals surface area contributed by atoms with Crippen LogP contribution in [0.2, 0.25) is 0 Å². The van der Waals surface area contributed by atoms with E-state index in [0.717, 1.165) is 16.8 Å². The van der Waals surface area contributed by atoms with Gasteiger partial charge in [-0.15, -0.1) is 0 Å². The summed E-state index contributed by atoms with van der Waals surface area (Å²) in [7, 11) is 3.68. The number of hydrogen-bond donors (Lipinski definition) is 2. The van der Waals surface area contributed by atoms with Gasteiger partial charge in [0.15, 0.2) is 0 Å². The molecule has 0 atom stereocenters. The molecule has 88 valence electrons. The van der Waals surface area contributed by atoms with Crippen LogP contribution in [0, 0.1) is 13.8 Å². The lowest BCUT2D eigenvalue weighted by Crippen LogP contribution is -2.27. The van der Waals surface area contributed by atoms with Gasteiger partial charge in [-0.3, -0.25) is 4.79 Å². The van der Waals surface area contributed by atoms with Gasteiger partial charge in [-0.05, 0) is 51.2 Å². The zero-order chi connectivity index (χ0) is 12.3. The van der Waals surface area contributed by atoms with E-state index in [2.05, 4.69) is 5.32 Å². The molecule has 0 saturated carbocycles. The molecule has 4 heteroatoms. The number of anilines is 1. The molecule has 0 radical (unpaired) electrons. The molecule has 4 nitrogen and oxygen atoms in total. The van der Waals surface area contributed by atoms with Crippen molar-refractivity contribution in [1.29, 1.82) is 0 Å². The second-order valence-electron chi connectivity index (χ2n) is 4.24. The van der Waals surface area contributed by atoms with Crippen LogP contribution < -0.4 is 5.32 Å². The van der Waals surface area contributed by atoms with Crippen molar-refractivity contribution in [2.75, 3.05) is 26.0 Å². The monoisotopic (exact) mass is 222 g/mol. The van der Waals surface area contributed by atoms with E-state index in [4.69, 9.17) is 0 Å². The van der Waals surface area contributed by atoms with Gasteiger partial charge in [-0.2, -0.15) is 0 Å². The number of hydrogen-bond acceptors (Lipinski definition) is 3.